The third kappa shape index (κ3) is 3.01. The van der Waals surface area contributed by atoms with E-state index < -0.39 is 28.0 Å². The molecule has 1 saturated heterocycles. The highest BCUT2D eigenvalue weighted by Crippen LogP contribution is 2.45. The minimum atomic E-state index is -3.61. The van der Waals surface area contributed by atoms with Crippen molar-refractivity contribution in [2.45, 2.75) is 24.9 Å². The fraction of sp³-hybridized carbons (Fsp3) is 0.316. The molecule has 0 amide bonds. The molecule has 0 bridgehead atoms. The van der Waals surface area contributed by atoms with E-state index in [4.69, 9.17) is 0 Å². The Balaban J connectivity index is 2.07. The van der Waals surface area contributed by atoms with Crippen LogP contribution in [0, 0.1) is 17.1 Å². The summed E-state index contributed by atoms with van der Waals surface area (Å²) in [5.74, 6) is -0.931. The number of aliphatic hydroxyl groups excluding tert-OH is 1. The summed E-state index contributed by atoms with van der Waals surface area (Å²) in [5, 5.41) is 19.4. The molecule has 0 spiro atoms. The number of sulfonamides is 1. The molecule has 1 N–H and O–H groups in total. The van der Waals surface area contributed by atoms with Crippen LogP contribution >= 0.6 is 0 Å². The van der Waals surface area contributed by atoms with E-state index in [2.05, 4.69) is 6.07 Å². The van der Waals surface area contributed by atoms with E-state index >= 15 is 0 Å². The molecule has 0 radical (unpaired) electrons. The van der Waals surface area contributed by atoms with Gasteiger partial charge in [-0.05, 0) is 35.7 Å². The Morgan fingerprint density at radius 2 is 1.85 bits per heavy atom. The quantitative estimate of drug-likeness (QED) is 0.872. The van der Waals surface area contributed by atoms with Crippen molar-refractivity contribution in [1.29, 1.82) is 5.26 Å². The number of hydrogen-bond acceptors (Lipinski definition) is 4. The van der Waals surface area contributed by atoms with Crippen LogP contribution in [0.15, 0.2) is 48.5 Å². The lowest BCUT2D eigenvalue weighted by molar-refractivity contribution is 0.0561. The normalized spacial score (nSPS) is 23.2. The maximum absolute atomic E-state index is 13.2. The van der Waals surface area contributed by atoms with Crippen LogP contribution < -0.4 is 0 Å². The summed E-state index contributed by atoms with van der Waals surface area (Å²) in [6, 6.07) is 13.8. The van der Waals surface area contributed by atoms with Gasteiger partial charge in [-0.3, -0.25) is 0 Å². The first-order valence-electron chi connectivity index (χ1n) is 8.31. The summed E-state index contributed by atoms with van der Waals surface area (Å²) in [6.45, 7) is 1.14. The largest absolute Gasteiger partial charge is 0.395 e. The zero-order valence-corrected chi connectivity index (χ0v) is 15.0. The highest BCUT2D eigenvalue weighted by Gasteiger charge is 2.54. The van der Waals surface area contributed by atoms with Crippen molar-refractivity contribution in [3.8, 4) is 17.2 Å². The molecular formula is C19H19FN2O3S. The smallest absolute Gasteiger partial charge is 0.215 e. The van der Waals surface area contributed by atoms with E-state index in [0.717, 1.165) is 21.0 Å². The number of hydrogen-bond donors (Lipinski definition) is 1. The van der Waals surface area contributed by atoms with Crippen molar-refractivity contribution in [3.63, 3.8) is 0 Å². The molecule has 1 heterocycles. The topological polar surface area (TPSA) is 81.4 Å². The van der Waals surface area contributed by atoms with Crippen LogP contribution in [-0.2, 0) is 10.0 Å². The Bertz CT molecular complexity index is 938. The van der Waals surface area contributed by atoms with E-state index in [-0.39, 0.29) is 18.2 Å². The number of nitriles is 1. The van der Waals surface area contributed by atoms with Gasteiger partial charge in [-0.15, -0.1) is 0 Å². The molecule has 0 saturated carbocycles. The molecule has 1 aliphatic rings. The van der Waals surface area contributed by atoms with Gasteiger partial charge in [-0.2, -0.15) is 9.57 Å². The molecule has 2 aromatic carbocycles. The molecule has 0 aliphatic carbocycles. The first-order chi connectivity index (χ1) is 12.4. The van der Waals surface area contributed by atoms with Gasteiger partial charge in [-0.1, -0.05) is 36.4 Å². The number of halogens is 1. The summed E-state index contributed by atoms with van der Waals surface area (Å²) in [7, 11) is -3.61. The van der Waals surface area contributed by atoms with Gasteiger partial charge >= 0.3 is 0 Å². The Morgan fingerprint density at radius 1 is 1.19 bits per heavy atom. The minimum Gasteiger partial charge on any atom is -0.395 e. The number of benzene rings is 2. The van der Waals surface area contributed by atoms with Crippen molar-refractivity contribution in [2.24, 2.45) is 0 Å². The summed E-state index contributed by atoms with van der Waals surface area (Å²) in [4.78, 5) is 0. The molecule has 7 heteroatoms. The second-order valence-electron chi connectivity index (χ2n) is 6.17. The van der Waals surface area contributed by atoms with Crippen LogP contribution in [0.5, 0.6) is 0 Å². The summed E-state index contributed by atoms with van der Waals surface area (Å²) in [5.41, 5.74) is 2.34. The molecule has 2 aromatic rings. The highest BCUT2D eigenvalue weighted by atomic mass is 32.2. The number of rotatable bonds is 5. The van der Waals surface area contributed by atoms with Crippen molar-refractivity contribution < 1.29 is 17.9 Å². The third-order valence-corrected chi connectivity index (χ3v) is 6.71. The summed E-state index contributed by atoms with van der Waals surface area (Å²) in [6.07, 6.45) is 0. The molecule has 1 aliphatic heterocycles. The lowest BCUT2D eigenvalue weighted by Gasteiger charge is -2.50. The molecular weight excluding hydrogens is 355 g/mol. The van der Waals surface area contributed by atoms with Crippen molar-refractivity contribution >= 4 is 10.0 Å². The fourth-order valence-corrected chi connectivity index (χ4v) is 4.98. The first-order valence-corrected chi connectivity index (χ1v) is 9.92. The predicted octanol–water partition coefficient (Wildman–Crippen LogP) is 2.49. The fourth-order valence-electron chi connectivity index (χ4n) is 3.55. The summed E-state index contributed by atoms with van der Waals surface area (Å²) >= 11 is 0. The van der Waals surface area contributed by atoms with Crippen LogP contribution in [0.3, 0.4) is 0 Å². The molecule has 26 heavy (non-hydrogen) atoms. The average Bonchev–Trinajstić information content (AvgIpc) is 2.62. The molecule has 1 fully saturated rings. The van der Waals surface area contributed by atoms with Crippen LogP contribution in [0.1, 0.15) is 18.4 Å². The van der Waals surface area contributed by atoms with E-state index in [0.29, 0.717) is 0 Å². The highest BCUT2D eigenvalue weighted by molar-refractivity contribution is 7.89. The molecule has 3 atom stereocenters. The lowest BCUT2D eigenvalue weighted by atomic mass is 9.75. The summed E-state index contributed by atoms with van der Waals surface area (Å²) < 4.78 is 39.0. The Kier molecular flexibility index (Phi) is 5.10. The maximum Gasteiger partial charge on any atom is 0.215 e. The van der Waals surface area contributed by atoms with E-state index in [1.54, 1.807) is 12.1 Å². The SMILES string of the molecule is CCS(=O)(=O)N1[C@H](C#N)[C@@H](c2ccccc2-c2ccc(F)cc2)[C@@H]1CO. The van der Waals surface area contributed by atoms with Gasteiger partial charge in [-0.25, -0.2) is 12.8 Å². The molecule has 136 valence electrons. The van der Waals surface area contributed by atoms with Gasteiger partial charge in [0.1, 0.15) is 11.9 Å². The van der Waals surface area contributed by atoms with E-state index in [1.807, 2.05) is 24.3 Å². The average molecular weight is 374 g/mol. The standard InChI is InChI=1S/C19H19FN2O3S/c1-2-26(24,25)22-17(11-21)19(18(22)12-23)16-6-4-3-5-15(16)13-7-9-14(20)10-8-13/h3-10,17-19,23H,2,12H2,1H3/t17-,18+,19-/m1/s1. The van der Waals surface area contributed by atoms with Crippen molar-refractivity contribution in [1.82, 2.24) is 4.31 Å². The second kappa shape index (κ2) is 7.16. The van der Waals surface area contributed by atoms with Gasteiger partial charge in [0.25, 0.3) is 0 Å². The Morgan fingerprint density at radius 3 is 2.42 bits per heavy atom. The predicted molar refractivity (Wildman–Crippen MR) is 96.2 cm³/mol. The van der Waals surface area contributed by atoms with Crippen LogP contribution in [0.25, 0.3) is 11.1 Å². The van der Waals surface area contributed by atoms with E-state index in [1.165, 1.54) is 19.1 Å². The molecule has 0 aromatic heterocycles. The van der Waals surface area contributed by atoms with Gasteiger partial charge in [0.15, 0.2) is 0 Å². The van der Waals surface area contributed by atoms with Crippen molar-refractivity contribution in [2.75, 3.05) is 12.4 Å². The molecule has 3 rings (SSSR count). The maximum atomic E-state index is 13.2. The number of nitrogens with zero attached hydrogens (tertiary/aromatic N) is 2. The van der Waals surface area contributed by atoms with Gasteiger partial charge < -0.3 is 5.11 Å². The van der Waals surface area contributed by atoms with Gasteiger partial charge in [0, 0.05) is 5.92 Å². The third-order valence-electron chi connectivity index (χ3n) is 4.84. The van der Waals surface area contributed by atoms with Crippen LogP contribution in [0.2, 0.25) is 0 Å². The molecule has 0 unspecified atom stereocenters. The number of aliphatic hydroxyl groups is 1. The van der Waals surface area contributed by atoms with Crippen LogP contribution in [-0.4, -0.2) is 42.3 Å². The first kappa shape index (κ1) is 18.5. The Hall–Kier alpha value is -2.27. The minimum absolute atomic E-state index is 0.131. The second-order valence-corrected chi connectivity index (χ2v) is 8.34. The zero-order valence-electron chi connectivity index (χ0n) is 14.2. The van der Waals surface area contributed by atoms with Crippen molar-refractivity contribution in [3.05, 3.63) is 59.9 Å². The Labute approximate surface area is 152 Å². The van der Waals surface area contributed by atoms with Gasteiger partial charge in [0.2, 0.25) is 10.0 Å². The zero-order chi connectivity index (χ0) is 18.9. The van der Waals surface area contributed by atoms with Gasteiger partial charge in [0.05, 0.1) is 24.5 Å². The lowest BCUT2D eigenvalue weighted by Crippen LogP contribution is -2.65. The van der Waals surface area contributed by atoms with E-state index in [9.17, 15) is 23.2 Å². The molecule has 5 nitrogen and oxygen atoms in total. The van der Waals surface area contributed by atoms with Crippen LogP contribution in [0.4, 0.5) is 4.39 Å². The monoisotopic (exact) mass is 374 g/mol.